The Kier molecular flexibility index (Phi) is 5.65. The molecule has 0 aliphatic carbocycles. The Balaban J connectivity index is 1.88. The maximum absolute atomic E-state index is 13.4. The third kappa shape index (κ3) is 5.03. The number of rotatable bonds is 7. The van der Waals surface area contributed by atoms with Crippen LogP contribution in [0.5, 0.6) is 5.75 Å². The first-order valence-electron chi connectivity index (χ1n) is 7.14. The van der Waals surface area contributed by atoms with E-state index < -0.39 is 23.6 Å². The predicted octanol–water partition coefficient (Wildman–Crippen LogP) is 2.51. The number of hydrogen-bond donors (Lipinski definition) is 2. The zero-order valence-corrected chi connectivity index (χ0v) is 12.7. The van der Waals surface area contributed by atoms with Gasteiger partial charge in [0, 0.05) is 12.6 Å². The summed E-state index contributed by atoms with van der Waals surface area (Å²) in [4.78, 5) is 10.9. The van der Waals surface area contributed by atoms with Crippen molar-refractivity contribution in [3.63, 3.8) is 0 Å². The van der Waals surface area contributed by atoms with E-state index in [4.69, 9.17) is 10.5 Å². The fraction of sp³-hybridized carbons (Fsp3) is 0.235. The van der Waals surface area contributed by atoms with E-state index in [1.165, 1.54) is 6.07 Å². The molecule has 2 aromatic carbocycles. The Hall–Kier alpha value is -2.47. The van der Waals surface area contributed by atoms with Crippen LogP contribution in [-0.4, -0.2) is 11.9 Å². The Labute approximate surface area is 133 Å². The molecule has 0 bridgehead atoms. The van der Waals surface area contributed by atoms with Gasteiger partial charge in [-0.1, -0.05) is 24.3 Å². The lowest BCUT2D eigenvalue weighted by molar-refractivity contribution is -0.119. The Morgan fingerprint density at radius 3 is 2.43 bits per heavy atom. The topological polar surface area (TPSA) is 64.3 Å². The van der Waals surface area contributed by atoms with Crippen molar-refractivity contribution in [3.8, 4) is 5.75 Å². The predicted molar refractivity (Wildman–Crippen MR) is 82.6 cm³/mol. The number of primary amides is 1. The number of amides is 1. The normalized spacial score (nSPS) is 12.0. The van der Waals surface area contributed by atoms with Crippen LogP contribution in [0.25, 0.3) is 0 Å². The van der Waals surface area contributed by atoms with Crippen LogP contribution < -0.4 is 15.8 Å². The van der Waals surface area contributed by atoms with Gasteiger partial charge in [0.05, 0.1) is 6.04 Å². The molecule has 3 N–H and O–H groups in total. The van der Waals surface area contributed by atoms with E-state index in [1.54, 1.807) is 6.92 Å². The van der Waals surface area contributed by atoms with Crippen molar-refractivity contribution in [2.75, 3.05) is 0 Å². The molecule has 2 rings (SSSR count). The van der Waals surface area contributed by atoms with Crippen LogP contribution in [0, 0.1) is 11.6 Å². The maximum atomic E-state index is 13.4. The van der Waals surface area contributed by atoms with Crippen LogP contribution >= 0.6 is 0 Å². The second-order valence-corrected chi connectivity index (χ2v) is 5.18. The number of ether oxygens (including phenoxy) is 1. The van der Waals surface area contributed by atoms with Crippen molar-refractivity contribution in [3.05, 3.63) is 65.2 Å². The molecule has 4 nitrogen and oxygen atoms in total. The van der Waals surface area contributed by atoms with Crippen molar-refractivity contribution in [2.24, 2.45) is 5.73 Å². The van der Waals surface area contributed by atoms with Crippen LogP contribution in [-0.2, 0) is 17.9 Å². The summed E-state index contributed by atoms with van der Waals surface area (Å²) >= 11 is 0. The molecule has 0 spiro atoms. The number of halogens is 2. The molecule has 1 atom stereocenters. The minimum absolute atomic E-state index is 0.00688. The zero-order chi connectivity index (χ0) is 16.8. The zero-order valence-electron chi connectivity index (χ0n) is 12.7. The van der Waals surface area contributed by atoms with Gasteiger partial charge in [0.2, 0.25) is 5.91 Å². The fourth-order valence-corrected chi connectivity index (χ4v) is 1.88. The van der Waals surface area contributed by atoms with Gasteiger partial charge in [0.15, 0.2) is 11.6 Å². The molecular formula is C17H18F2N2O2. The van der Waals surface area contributed by atoms with E-state index in [9.17, 15) is 13.6 Å². The lowest BCUT2D eigenvalue weighted by Crippen LogP contribution is -2.38. The van der Waals surface area contributed by atoms with Crippen molar-refractivity contribution in [1.29, 1.82) is 0 Å². The molecule has 122 valence electrons. The molecule has 23 heavy (non-hydrogen) atoms. The smallest absolute Gasteiger partial charge is 0.234 e. The van der Waals surface area contributed by atoms with Gasteiger partial charge in [0.25, 0.3) is 0 Å². The van der Waals surface area contributed by atoms with E-state index in [-0.39, 0.29) is 12.4 Å². The highest BCUT2D eigenvalue weighted by atomic mass is 19.1. The SMILES string of the molecule is C[C@@H](NCc1ccc(COc2ccc(F)cc2F)cc1)C(N)=O. The summed E-state index contributed by atoms with van der Waals surface area (Å²) in [7, 11) is 0. The van der Waals surface area contributed by atoms with E-state index in [0.29, 0.717) is 6.54 Å². The van der Waals surface area contributed by atoms with Gasteiger partial charge in [-0.25, -0.2) is 8.78 Å². The van der Waals surface area contributed by atoms with Gasteiger partial charge >= 0.3 is 0 Å². The number of carbonyl (C=O) groups is 1. The summed E-state index contributed by atoms with van der Waals surface area (Å²) in [6.45, 7) is 2.38. The highest BCUT2D eigenvalue weighted by molar-refractivity contribution is 5.79. The molecule has 0 heterocycles. The molecule has 1 amide bonds. The standard InChI is InChI=1S/C17H18F2N2O2/c1-11(17(20)22)21-9-12-2-4-13(5-3-12)10-23-16-7-6-14(18)8-15(16)19/h2-8,11,21H,9-10H2,1H3,(H2,20,22)/t11-/m1/s1. The van der Waals surface area contributed by atoms with Crippen molar-refractivity contribution in [2.45, 2.75) is 26.1 Å². The minimum atomic E-state index is -0.730. The number of nitrogens with two attached hydrogens (primary N) is 1. The Morgan fingerprint density at radius 1 is 1.17 bits per heavy atom. The summed E-state index contributed by atoms with van der Waals surface area (Å²) < 4.78 is 31.6. The molecule has 2 aromatic rings. The largest absolute Gasteiger partial charge is 0.486 e. The van der Waals surface area contributed by atoms with Crippen molar-refractivity contribution < 1.29 is 18.3 Å². The average molecular weight is 320 g/mol. The molecule has 6 heteroatoms. The number of carbonyl (C=O) groups excluding carboxylic acids is 1. The van der Waals surface area contributed by atoms with E-state index in [0.717, 1.165) is 23.3 Å². The number of hydrogen-bond acceptors (Lipinski definition) is 3. The third-order valence-corrected chi connectivity index (χ3v) is 3.35. The van der Waals surface area contributed by atoms with Crippen LogP contribution in [0.1, 0.15) is 18.1 Å². The molecular weight excluding hydrogens is 302 g/mol. The number of benzene rings is 2. The number of nitrogens with one attached hydrogen (secondary N) is 1. The highest BCUT2D eigenvalue weighted by Gasteiger charge is 2.07. The van der Waals surface area contributed by atoms with Gasteiger partial charge in [-0.2, -0.15) is 0 Å². The summed E-state index contributed by atoms with van der Waals surface area (Å²) in [5, 5.41) is 3.00. The molecule has 0 aromatic heterocycles. The van der Waals surface area contributed by atoms with Crippen LogP contribution in [0.15, 0.2) is 42.5 Å². The van der Waals surface area contributed by atoms with Gasteiger partial charge in [-0.05, 0) is 30.2 Å². The molecule has 0 saturated carbocycles. The van der Waals surface area contributed by atoms with E-state index >= 15 is 0 Å². The summed E-state index contributed by atoms with van der Waals surface area (Å²) in [6, 6.07) is 10.2. The Morgan fingerprint density at radius 2 is 1.83 bits per heavy atom. The third-order valence-electron chi connectivity index (χ3n) is 3.35. The summed E-state index contributed by atoms with van der Waals surface area (Å²) in [5.74, 6) is -1.77. The Bertz CT molecular complexity index is 675. The molecule has 0 saturated heterocycles. The van der Waals surface area contributed by atoms with Crippen LogP contribution in [0.3, 0.4) is 0 Å². The molecule has 0 fully saturated rings. The van der Waals surface area contributed by atoms with Gasteiger partial charge in [-0.15, -0.1) is 0 Å². The second kappa shape index (κ2) is 7.69. The average Bonchev–Trinajstić information content (AvgIpc) is 2.52. The minimum Gasteiger partial charge on any atom is -0.486 e. The quantitative estimate of drug-likeness (QED) is 0.824. The summed E-state index contributed by atoms with van der Waals surface area (Å²) in [6.07, 6.45) is 0. The van der Waals surface area contributed by atoms with E-state index in [1.807, 2.05) is 24.3 Å². The molecule has 0 unspecified atom stereocenters. The van der Waals surface area contributed by atoms with Gasteiger partial charge < -0.3 is 15.8 Å². The van der Waals surface area contributed by atoms with Crippen LogP contribution in [0.2, 0.25) is 0 Å². The fourth-order valence-electron chi connectivity index (χ4n) is 1.88. The lowest BCUT2D eigenvalue weighted by Gasteiger charge is -2.11. The molecule has 0 aliphatic rings. The van der Waals surface area contributed by atoms with Crippen LogP contribution in [0.4, 0.5) is 8.78 Å². The van der Waals surface area contributed by atoms with Crippen molar-refractivity contribution in [1.82, 2.24) is 5.32 Å². The first-order chi connectivity index (χ1) is 11.0. The second-order valence-electron chi connectivity index (χ2n) is 5.18. The monoisotopic (exact) mass is 320 g/mol. The molecule has 0 radical (unpaired) electrons. The highest BCUT2D eigenvalue weighted by Crippen LogP contribution is 2.19. The lowest BCUT2D eigenvalue weighted by atomic mass is 10.1. The first-order valence-corrected chi connectivity index (χ1v) is 7.14. The first kappa shape index (κ1) is 16.9. The molecule has 0 aliphatic heterocycles. The maximum Gasteiger partial charge on any atom is 0.234 e. The van der Waals surface area contributed by atoms with Gasteiger partial charge in [-0.3, -0.25) is 4.79 Å². The summed E-state index contributed by atoms with van der Waals surface area (Å²) in [5.41, 5.74) is 7.00. The van der Waals surface area contributed by atoms with E-state index in [2.05, 4.69) is 5.32 Å². The van der Waals surface area contributed by atoms with Gasteiger partial charge in [0.1, 0.15) is 12.4 Å². The van der Waals surface area contributed by atoms with Crippen molar-refractivity contribution >= 4 is 5.91 Å².